The number of rotatable bonds is 5. The molecule has 0 aliphatic carbocycles. The minimum Gasteiger partial charge on any atom is -0.496 e. The number of halogens is 1. The van der Waals surface area contributed by atoms with Gasteiger partial charge in [0.2, 0.25) is 0 Å². The Balaban J connectivity index is 1.85. The molecule has 9 heteroatoms. The van der Waals surface area contributed by atoms with Crippen LogP contribution < -0.4 is 10.1 Å². The van der Waals surface area contributed by atoms with Crippen molar-refractivity contribution in [2.24, 2.45) is 0 Å². The first kappa shape index (κ1) is 18.5. The van der Waals surface area contributed by atoms with Crippen molar-refractivity contribution in [1.29, 1.82) is 0 Å². The number of thiazole rings is 1. The Hall–Kier alpha value is -3.33. The second kappa shape index (κ2) is 7.50. The second-order valence-electron chi connectivity index (χ2n) is 5.60. The summed E-state index contributed by atoms with van der Waals surface area (Å²) in [5, 5.41) is 15.6. The van der Waals surface area contributed by atoms with Crippen LogP contribution in [0.2, 0.25) is 0 Å². The minimum atomic E-state index is -0.567. The molecule has 0 saturated heterocycles. The monoisotopic (exact) mass is 387 g/mol. The molecule has 2 aromatic carbocycles. The number of hydrogen-bond acceptors (Lipinski definition) is 6. The van der Waals surface area contributed by atoms with Crippen molar-refractivity contribution < 1.29 is 18.8 Å². The number of anilines is 1. The average molecular weight is 387 g/mol. The average Bonchev–Trinajstić information content (AvgIpc) is 3.10. The van der Waals surface area contributed by atoms with Crippen LogP contribution in [0.5, 0.6) is 5.75 Å². The van der Waals surface area contributed by atoms with E-state index in [2.05, 4.69) is 10.3 Å². The number of carbonyl (C=O) groups is 1. The van der Waals surface area contributed by atoms with Gasteiger partial charge in [0.05, 0.1) is 23.3 Å². The highest BCUT2D eigenvalue weighted by Crippen LogP contribution is 2.30. The second-order valence-corrected chi connectivity index (χ2v) is 6.45. The van der Waals surface area contributed by atoms with Gasteiger partial charge in [0, 0.05) is 22.6 Å². The van der Waals surface area contributed by atoms with E-state index >= 15 is 0 Å². The maximum absolute atomic E-state index is 13.4. The lowest BCUT2D eigenvalue weighted by Gasteiger charge is -2.07. The van der Waals surface area contributed by atoms with Gasteiger partial charge in [0.1, 0.15) is 11.6 Å². The van der Waals surface area contributed by atoms with Gasteiger partial charge in [0.15, 0.2) is 5.13 Å². The molecule has 0 unspecified atom stereocenters. The molecular formula is C18H14FN3O4S. The molecule has 1 heterocycles. The topological polar surface area (TPSA) is 94.4 Å². The zero-order valence-electron chi connectivity index (χ0n) is 14.4. The maximum atomic E-state index is 13.4. The number of nitrogens with one attached hydrogen (secondary N) is 1. The number of hydrogen-bond donors (Lipinski definition) is 1. The van der Waals surface area contributed by atoms with E-state index in [0.717, 1.165) is 17.4 Å². The van der Waals surface area contributed by atoms with Gasteiger partial charge < -0.3 is 4.74 Å². The van der Waals surface area contributed by atoms with Crippen molar-refractivity contribution >= 4 is 28.1 Å². The highest BCUT2D eigenvalue weighted by Gasteiger charge is 2.17. The summed E-state index contributed by atoms with van der Waals surface area (Å²) in [5.41, 5.74) is 1.64. The van der Waals surface area contributed by atoms with Gasteiger partial charge in [-0.25, -0.2) is 9.37 Å². The summed E-state index contributed by atoms with van der Waals surface area (Å²) in [6.07, 6.45) is 0. The van der Waals surface area contributed by atoms with E-state index < -0.39 is 16.6 Å². The molecule has 7 nitrogen and oxygen atoms in total. The number of amides is 1. The maximum Gasteiger partial charge on any atom is 0.272 e. The molecule has 0 spiro atoms. The zero-order chi connectivity index (χ0) is 19.6. The van der Waals surface area contributed by atoms with Crippen molar-refractivity contribution in [3.63, 3.8) is 0 Å². The molecule has 0 saturated carbocycles. The highest BCUT2D eigenvalue weighted by molar-refractivity contribution is 7.14. The van der Waals surface area contributed by atoms with Crippen LogP contribution in [-0.4, -0.2) is 22.9 Å². The van der Waals surface area contributed by atoms with E-state index in [1.54, 1.807) is 24.4 Å². The summed E-state index contributed by atoms with van der Waals surface area (Å²) in [4.78, 5) is 27.3. The normalized spacial score (nSPS) is 10.5. The Bertz CT molecular complexity index is 1040. The van der Waals surface area contributed by atoms with Gasteiger partial charge >= 0.3 is 0 Å². The summed E-state index contributed by atoms with van der Waals surface area (Å²) in [6, 6.07) is 8.43. The van der Waals surface area contributed by atoms with Gasteiger partial charge in [-0.15, -0.1) is 11.3 Å². The smallest absolute Gasteiger partial charge is 0.272 e. The van der Waals surface area contributed by atoms with Crippen molar-refractivity contribution in [3.8, 4) is 17.0 Å². The Kier molecular flexibility index (Phi) is 5.13. The Morgan fingerprint density at radius 1 is 1.30 bits per heavy atom. The molecule has 0 atom stereocenters. The van der Waals surface area contributed by atoms with E-state index in [1.807, 2.05) is 0 Å². The largest absolute Gasteiger partial charge is 0.496 e. The van der Waals surface area contributed by atoms with E-state index in [4.69, 9.17) is 4.74 Å². The van der Waals surface area contributed by atoms with Crippen LogP contribution in [0.4, 0.5) is 15.2 Å². The Morgan fingerprint density at radius 3 is 2.78 bits per heavy atom. The SMILES string of the molecule is COc1ccc(F)cc1C(=O)Nc1nc(-c2ccc(C)c([N+](=O)[O-])c2)cs1. The number of nitro groups is 1. The third-order valence-corrected chi connectivity index (χ3v) is 4.59. The number of aryl methyl sites for hydroxylation is 1. The molecule has 0 fully saturated rings. The molecule has 0 bridgehead atoms. The predicted octanol–water partition coefficient (Wildman–Crippen LogP) is 4.43. The fourth-order valence-corrected chi connectivity index (χ4v) is 3.17. The first-order valence-corrected chi connectivity index (χ1v) is 8.63. The van der Waals surface area contributed by atoms with Crippen LogP contribution in [0.1, 0.15) is 15.9 Å². The fourth-order valence-electron chi connectivity index (χ4n) is 2.45. The van der Waals surface area contributed by atoms with E-state index in [0.29, 0.717) is 16.8 Å². The number of aromatic nitrogens is 1. The minimum absolute atomic E-state index is 0.00409. The van der Waals surface area contributed by atoms with Crippen molar-refractivity contribution in [3.05, 3.63) is 68.8 Å². The van der Waals surface area contributed by atoms with Crippen LogP contribution in [0, 0.1) is 22.9 Å². The zero-order valence-corrected chi connectivity index (χ0v) is 15.2. The number of nitrogens with zero attached hydrogens (tertiary/aromatic N) is 2. The summed E-state index contributed by atoms with van der Waals surface area (Å²) in [6.45, 7) is 1.65. The summed E-state index contributed by atoms with van der Waals surface area (Å²) >= 11 is 1.16. The van der Waals surface area contributed by atoms with E-state index in [-0.39, 0.29) is 22.1 Å². The standard InChI is InChI=1S/C18H14FN3O4S/c1-10-3-4-11(7-15(10)22(24)25)14-9-27-18(20-14)21-17(23)13-8-12(19)5-6-16(13)26-2/h3-9H,1-2H3,(H,20,21,23). The van der Waals surface area contributed by atoms with Crippen LogP contribution in [0.25, 0.3) is 11.3 Å². The Labute approximate surface area is 157 Å². The van der Waals surface area contributed by atoms with Gasteiger partial charge in [-0.3, -0.25) is 20.2 Å². The summed E-state index contributed by atoms with van der Waals surface area (Å²) in [5.74, 6) is -0.894. The molecule has 27 heavy (non-hydrogen) atoms. The highest BCUT2D eigenvalue weighted by atomic mass is 32.1. The van der Waals surface area contributed by atoms with Crippen LogP contribution in [0.3, 0.4) is 0 Å². The van der Waals surface area contributed by atoms with Crippen molar-refractivity contribution in [2.75, 3.05) is 12.4 Å². The number of methoxy groups -OCH3 is 1. The molecule has 3 aromatic rings. The first-order valence-electron chi connectivity index (χ1n) is 7.75. The molecule has 1 N–H and O–H groups in total. The summed E-state index contributed by atoms with van der Waals surface area (Å²) < 4.78 is 18.5. The van der Waals surface area contributed by atoms with Gasteiger partial charge in [0.25, 0.3) is 11.6 Å². The fraction of sp³-hybridized carbons (Fsp3) is 0.111. The van der Waals surface area contributed by atoms with Crippen molar-refractivity contribution in [1.82, 2.24) is 4.98 Å². The van der Waals surface area contributed by atoms with Crippen LogP contribution >= 0.6 is 11.3 Å². The number of benzene rings is 2. The third-order valence-electron chi connectivity index (χ3n) is 3.83. The molecular weight excluding hydrogens is 373 g/mol. The van der Waals surface area contributed by atoms with Gasteiger partial charge in [-0.1, -0.05) is 12.1 Å². The lowest BCUT2D eigenvalue weighted by molar-refractivity contribution is -0.385. The quantitative estimate of drug-likeness (QED) is 0.516. The molecule has 0 radical (unpaired) electrons. The Morgan fingerprint density at radius 2 is 2.07 bits per heavy atom. The van der Waals surface area contributed by atoms with Crippen LogP contribution in [0.15, 0.2) is 41.8 Å². The van der Waals surface area contributed by atoms with E-state index in [9.17, 15) is 19.3 Å². The molecule has 138 valence electrons. The van der Waals surface area contributed by atoms with Gasteiger partial charge in [-0.05, 0) is 25.1 Å². The van der Waals surface area contributed by atoms with Crippen molar-refractivity contribution in [2.45, 2.75) is 6.92 Å². The molecule has 3 rings (SSSR count). The molecule has 0 aliphatic heterocycles. The first-order chi connectivity index (χ1) is 12.9. The van der Waals surface area contributed by atoms with Crippen LogP contribution in [-0.2, 0) is 0 Å². The number of carbonyl (C=O) groups excluding carboxylic acids is 1. The molecule has 1 aromatic heterocycles. The lowest BCUT2D eigenvalue weighted by Crippen LogP contribution is -2.13. The predicted molar refractivity (Wildman–Crippen MR) is 99.8 cm³/mol. The third kappa shape index (κ3) is 3.93. The molecule has 1 amide bonds. The lowest BCUT2D eigenvalue weighted by atomic mass is 10.1. The number of ether oxygens (including phenoxy) is 1. The van der Waals surface area contributed by atoms with Gasteiger partial charge in [-0.2, -0.15) is 0 Å². The van der Waals surface area contributed by atoms with E-state index in [1.165, 1.54) is 25.3 Å². The number of nitro benzene ring substituents is 1. The summed E-state index contributed by atoms with van der Waals surface area (Å²) in [7, 11) is 1.38. The molecule has 0 aliphatic rings.